The summed E-state index contributed by atoms with van der Waals surface area (Å²) in [6, 6.07) is 7.30. The lowest BCUT2D eigenvalue weighted by atomic mass is 9.96. The summed E-state index contributed by atoms with van der Waals surface area (Å²) in [4.78, 5) is 0. The normalized spacial score (nSPS) is 12.6. The van der Waals surface area contributed by atoms with E-state index in [9.17, 15) is 0 Å². The molecule has 0 aliphatic rings. The fourth-order valence-electron chi connectivity index (χ4n) is 1.25. The lowest BCUT2D eigenvalue weighted by Gasteiger charge is -2.17. The zero-order valence-electron chi connectivity index (χ0n) is 8.29. The minimum absolute atomic E-state index is 0.115. The van der Waals surface area contributed by atoms with Crippen LogP contribution in [0.1, 0.15) is 31.0 Å². The molecule has 1 aromatic carbocycles. The molecule has 0 amide bonds. The van der Waals surface area contributed by atoms with Crippen molar-refractivity contribution in [3.8, 4) is 6.07 Å². The Morgan fingerprint density at radius 2 is 2.07 bits per heavy atom. The Kier molecular flexibility index (Phi) is 3.51. The largest absolute Gasteiger partial charge is 0.324 e. The highest BCUT2D eigenvalue weighted by molar-refractivity contribution is 6.32. The molecule has 74 valence electrons. The van der Waals surface area contributed by atoms with Gasteiger partial charge in [-0.05, 0) is 17.5 Å². The van der Waals surface area contributed by atoms with Crippen LogP contribution in [0.25, 0.3) is 0 Å². The van der Waals surface area contributed by atoms with Crippen LogP contribution in [0.5, 0.6) is 0 Å². The van der Waals surface area contributed by atoms with Crippen molar-refractivity contribution >= 4 is 11.6 Å². The van der Waals surface area contributed by atoms with Crippen LogP contribution in [0, 0.1) is 17.2 Å². The molecular formula is C11H13ClN2. The molecule has 0 radical (unpaired) electrons. The quantitative estimate of drug-likeness (QED) is 0.813. The van der Waals surface area contributed by atoms with E-state index in [4.69, 9.17) is 22.6 Å². The highest BCUT2D eigenvalue weighted by Crippen LogP contribution is 2.28. The van der Waals surface area contributed by atoms with Gasteiger partial charge in [-0.25, -0.2) is 0 Å². The van der Waals surface area contributed by atoms with Crippen molar-refractivity contribution < 1.29 is 0 Å². The van der Waals surface area contributed by atoms with Gasteiger partial charge < -0.3 is 5.73 Å². The van der Waals surface area contributed by atoms with Crippen molar-refractivity contribution in [3.63, 3.8) is 0 Å². The first-order valence-corrected chi connectivity index (χ1v) is 4.89. The van der Waals surface area contributed by atoms with Gasteiger partial charge in [0.1, 0.15) is 6.07 Å². The lowest BCUT2D eigenvalue weighted by molar-refractivity contribution is 0.514. The van der Waals surface area contributed by atoms with E-state index in [1.807, 2.05) is 32.0 Å². The molecule has 0 aliphatic heterocycles. The topological polar surface area (TPSA) is 49.8 Å². The van der Waals surface area contributed by atoms with Crippen molar-refractivity contribution in [1.82, 2.24) is 0 Å². The molecular weight excluding hydrogens is 196 g/mol. The van der Waals surface area contributed by atoms with E-state index in [-0.39, 0.29) is 6.04 Å². The fraction of sp³-hybridized carbons (Fsp3) is 0.364. The molecule has 3 heteroatoms. The molecule has 0 spiro atoms. The first-order valence-electron chi connectivity index (χ1n) is 4.52. The zero-order chi connectivity index (χ0) is 10.7. The van der Waals surface area contributed by atoms with E-state index in [1.54, 1.807) is 6.07 Å². The van der Waals surface area contributed by atoms with E-state index in [0.29, 0.717) is 16.5 Å². The second kappa shape index (κ2) is 4.45. The summed E-state index contributed by atoms with van der Waals surface area (Å²) < 4.78 is 0. The third kappa shape index (κ3) is 2.06. The van der Waals surface area contributed by atoms with Crippen LogP contribution in [0.3, 0.4) is 0 Å². The van der Waals surface area contributed by atoms with Gasteiger partial charge in [0.2, 0.25) is 0 Å². The van der Waals surface area contributed by atoms with Gasteiger partial charge in [0.25, 0.3) is 0 Å². The van der Waals surface area contributed by atoms with Crippen LogP contribution in [-0.2, 0) is 0 Å². The molecule has 0 aliphatic carbocycles. The second-order valence-electron chi connectivity index (χ2n) is 3.59. The van der Waals surface area contributed by atoms with E-state index in [1.165, 1.54) is 0 Å². The van der Waals surface area contributed by atoms with Gasteiger partial charge >= 0.3 is 0 Å². The molecule has 0 saturated heterocycles. The third-order valence-corrected chi connectivity index (χ3v) is 2.65. The highest BCUT2D eigenvalue weighted by atomic mass is 35.5. The van der Waals surface area contributed by atoms with Crippen LogP contribution >= 0.6 is 11.6 Å². The molecule has 14 heavy (non-hydrogen) atoms. The van der Waals surface area contributed by atoms with E-state index < -0.39 is 0 Å². The van der Waals surface area contributed by atoms with Crippen molar-refractivity contribution in [2.24, 2.45) is 11.7 Å². The molecule has 2 nitrogen and oxygen atoms in total. The first-order chi connectivity index (χ1) is 6.57. The minimum atomic E-state index is -0.115. The van der Waals surface area contributed by atoms with Gasteiger partial charge in [-0.3, -0.25) is 0 Å². The summed E-state index contributed by atoms with van der Waals surface area (Å²) in [6.07, 6.45) is 0. The van der Waals surface area contributed by atoms with Gasteiger partial charge in [0, 0.05) is 6.04 Å². The standard InChI is InChI=1S/C11H13ClN2/c1-7(2)11(14)9-5-3-4-8(6-13)10(9)12/h3-5,7,11H,14H2,1-2H3/t11-/m1/s1. The molecule has 2 N–H and O–H groups in total. The molecule has 0 saturated carbocycles. The fourth-order valence-corrected chi connectivity index (χ4v) is 1.55. The third-order valence-electron chi connectivity index (χ3n) is 2.23. The molecule has 0 aromatic heterocycles. The monoisotopic (exact) mass is 208 g/mol. The molecule has 0 fully saturated rings. The Labute approximate surface area is 89.3 Å². The predicted octanol–water partition coefficient (Wildman–Crippen LogP) is 2.87. The van der Waals surface area contributed by atoms with Crippen LogP contribution in [-0.4, -0.2) is 0 Å². The molecule has 1 atom stereocenters. The van der Waals surface area contributed by atoms with Crippen molar-refractivity contribution in [2.45, 2.75) is 19.9 Å². The number of benzene rings is 1. The summed E-state index contributed by atoms with van der Waals surface area (Å²) in [5, 5.41) is 9.27. The van der Waals surface area contributed by atoms with E-state index in [2.05, 4.69) is 0 Å². The Balaban J connectivity index is 3.17. The van der Waals surface area contributed by atoms with E-state index >= 15 is 0 Å². The summed E-state index contributed by atoms with van der Waals surface area (Å²) in [7, 11) is 0. The SMILES string of the molecule is CC(C)[C@@H](N)c1cccc(C#N)c1Cl. The number of rotatable bonds is 2. The maximum atomic E-state index is 8.79. The van der Waals surface area contributed by atoms with Gasteiger partial charge in [-0.15, -0.1) is 0 Å². The second-order valence-corrected chi connectivity index (χ2v) is 3.97. The average Bonchev–Trinajstić information content (AvgIpc) is 2.17. The molecule has 0 unspecified atom stereocenters. The van der Waals surface area contributed by atoms with Crippen LogP contribution in [0.2, 0.25) is 5.02 Å². The van der Waals surface area contributed by atoms with Gasteiger partial charge in [0.15, 0.2) is 0 Å². The van der Waals surface area contributed by atoms with Crippen LogP contribution < -0.4 is 5.73 Å². The first kappa shape index (κ1) is 11.0. The maximum absolute atomic E-state index is 8.79. The maximum Gasteiger partial charge on any atom is 0.101 e. The minimum Gasteiger partial charge on any atom is -0.324 e. The predicted molar refractivity (Wildman–Crippen MR) is 57.9 cm³/mol. The molecule has 0 heterocycles. The van der Waals surface area contributed by atoms with Gasteiger partial charge in [0.05, 0.1) is 10.6 Å². The van der Waals surface area contributed by atoms with Crippen molar-refractivity contribution in [2.75, 3.05) is 0 Å². The van der Waals surface area contributed by atoms with Gasteiger partial charge in [-0.1, -0.05) is 37.6 Å². The van der Waals surface area contributed by atoms with Crippen LogP contribution in [0.15, 0.2) is 18.2 Å². The summed E-state index contributed by atoms with van der Waals surface area (Å²) in [5.41, 5.74) is 7.30. The Bertz CT molecular complexity index is 366. The molecule has 1 rings (SSSR count). The highest BCUT2D eigenvalue weighted by Gasteiger charge is 2.15. The Hall–Kier alpha value is -1.04. The van der Waals surface area contributed by atoms with Gasteiger partial charge in [-0.2, -0.15) is 5.26 Å². The summed E-state index contributed by atoms with van der Waals surface area (Å²) in [6.45, 7) is 4.06. The van der Waals surface area contributed by atoms with E-state index in [0.717, 1.165) is 5.56 Å². The Morgan fingerprint density at radius 1 is 1.43 bits per heavy atom. The smallest absolute Gasteiger partial charge is 0.101 e. The number of hydrogen-bond acceptors (Lipinski definition) is 2. The summed E-state index contributed by atoms with van der Waals surface area (Å²) in [5.74, 6) is 0.307. The Morgan fingerprint density at radius 3 is 2.57 bits per heavy atom. The number of nitrogens with two attached hydrogens (primary N) is 1. The number of nitriles is 1. The molecule has 0 bridgehead atoms. The van der Waals surface area contributed by atoms with Crippen LogP contribution in [0.4, 0.5) is 0 Å². The summed E-state index contributed by atoms with van der Waals surface area (Å²) >= 11 is 6.05. The lowest BCUT2D eigenvalue weighted by Crippen LogP contribution is -2.17. The average molecular weight is 209 g/mol. The number of hydrogen-bond donors (Lipinski definition) is 1. The molecule has 1 aromatic rings. The van der Waals surface area contributed by atoms with Crippen molar-refractivity contribution in [3.05, 3.63) is 34.3 Å². The number of halogens is 1. The van der Waals surface area contributed by atoms with Crippen molar-refractivity contribution in [1.29, 1.82) is 5.26 Å². The number of nitrogens with zero attached hydrogens (tertiary/aromatic N) is 1. The zero-order valence-corrected chi connectivity index (χ0v) is 9.05.